The first-order valence-electron chi connectivity index (χ1n) is 14.5. The summed E-state index contributed by atoms with van der Waals surface area (Å²) in [5.74, 6) is 0. The monoisotopic (exact) mass is 552 g/mol. The normalized spacial score (nSPS) is 11.3. The van der Waals surface area contributed by atoms with Crippen LogP contribution < -0.4 is 9.80 Å². The zero-order valence-electron chi connectivity index (χ0n) is 23.5. The number of para-hydroxylation sites is 4. The van der Waals surface area contributed by atoms with Crippen LogP contribution in [0.1, 0.15) is 0 Å². The summed E-state index contributed by atoms with van der Waals surface area (Å²) >= 11 is 0. The molecule has 0 saturated heterocycles. The lowest BCUT2D eigenvalue weighted by Crippen LogP contribution is -2.17. The molecule has 0 atom stereocenters. The van der Waals surface area contributed by atoms with Crippen LogP contribution in [-0.2, 0) is 0 Å². The minimum atomic E-state index is 0.850. The van der Waals surface area contributed by atoms with Crippen molar-refractivity contribution in [2.24, 2.45) is 0 Å². The van der Waals surface area contributed by atoms with Crippen LogP contribution in [0.5, 0.6) is 0 Å². The molecule has 0 unspecified atom stereocenters. The number of nitrogens with zero attached hydrogens (tertiary/aromatic N) is 2. The van der Waals surface area contributed by atoms with Crippen LogP contribution in [0.4, 0.5) is 34.1 Å². The minimum absolute atomic E-state index is 0.850. The smallest absolute Gasteiger partial charge is 0.137 e. The SMILES string of the molecule is c1ccc(N(c2ccccc2)c2cc3oc4ccc5ccccc5c4c3cc2N(c2ccccc2)c2ccccc2)cc1. The van der Waals surface area contributed by atoms with Crippen LogP contribution in [0.2, 0.25) is 0 Å². The highest BCUT2D eigenvalue weighted by Gasteiger charge is 2.25. The number of hydrogen-bond donors (Lipinski definition) is 0. The van der Waals surface area contributed by atoms with Crippen molar-refractivity contribution in [2.45, 2.75) is 0 Å². The van der Waals surface area contributed by atoms with Gasteiger partial charge in [-0.15, -0.1) is 0 Å². The summed E-state index contributed by atoms with van der Waals surface area (Å²) in [6, 6.07) is 59.5. The standard InChI is InChI=1S/C40H28N2O/c1-5-16-30(17-6-1)41(31-18-7-2-8-19-31)36-27-35-39(43-38-26-25-29-15-13-14-24-34(29)40(35)38)28-37(36)42(32-20-9-3-10-21-32)33-22-11-4-12-23-33/h1-28H. The van der Waals surface area contributed by atoms with Gasteiger partial charge in [0.05, 0.1) is 11.4 Å². The second-order valence-electron chi connectivity index (χ2n) is 10.6. The van der Waals surface area contributed by atoms with E-state index in [2.05, 4.69) is 180 Å². The molecule has 0 aliphatic carbocycles. The molecule has 1 heterocycles. The zero-order valence-corrected chi connectivity index (χ0v) is 23.5. The number of benzene rings is 7. The number of hydrogen-bond acceptors (Lipinski definition) is 3. The number of furan rings is 1. The molecule has 0 saturated carbocycles. The van der Waals surface area contributed by atoms with Crippen LogP contribution in [-0.4, -0.2) is 0 Å². The summed E-state index contributed by atoms with van der Waals surface area (Å²) in [6.07, 6.45) is 0. The van der Waals surface area contributed by atoms with Crippen LogP contribution in [0.3, 0.4) is 0 Å². The van der Waals surface area contributed by atoms with Gasteiger partial charge in [-0.2, -0.15) is 0 Å². The van der Waals surface area contributed by atoms with Gasteiger partial charge in [0, 0.05) is 39.6 Å². The average molecular weight is 553 g/mol. The van der Waals surface area contributed by atoms with Crippen LogP contribution in [0.15, 0.2) is 174 Å². The van der Waals surface area contributed by atoms with E-state index in [0.29, 0.717) is 0 Å². The highest BCUT2D eigenvalue weighted by molar-refractivity contribution is 6.20. The van der Waals surface area contributed by atoms with E-state index >= 15 is 0 Å². The van der Waals surface area contributed by atoms with Gasteiger partial charge in [0.1, 0.15) is 11.2 Å². The third-order valence-electron chi connectivity index (χ3n) is 8.00. The molecule has 8 aromatic rings. The zero-order chi connectivity index (χ0) is 28.6. The van der Waals surface area contributed by atoms with Crippen LogP contribution >= 0.6 is 0 Å². The molecule has 43 heavy (non-hydrogen) atoms. The predicted molar refractivity (Wildman–Crippen MR) is 181 cm³/mol. The fraction of sp³-hybridized carbons (Fsp3) is 0. The number of fused-ring (bicyclic) bond motifs is 5. The van der Waals surface area contributed by atoms with Gasteiger partial charge in [-0.25, -0.2) is 0 Å². The highest BCUT2D eigenvalue weighted by atomic mass is 16.3. The van der Waals surface area contributed by atoms with Crippen molar-refractivity contribution in [1.29, 1.82) is 0 Å². The first kappa shape index (κ1) is 25.0. The molecular weight excluding hydrogens is 524 g/mol. The molecular formula is C40H28N2O. The Kier molecular flexibility index (Phi) is 6.12. The van der Waals surface area contributed by atoms with E-state index in [9.17, 15) is 0 Å². The van der Waals surface area contributed by atoms with Gasteiger partial charge in [0.15, 0.2) is 0 Å². The predicted octanol–water partition coefficient (Wildman–Crippen LogP) is 11.7. The molecule has 1 aromatic heterocycles. The minimum Gasteiger partial charge on any atom is -0.456 e. The van der Waals surface area contributed by atoms with Gasteiger partial charge in [-0.1, -0.05) is 103 Å². The first-order chi connectivity index (χ1) is 21.3. The molecule has 7 aromatic carbocycles. The Labute approximate surface area is 250 Å². The van der Waals surface area contributed by atoms with Gasteiger partial charge >= 0.3 is 0 Å². The third kappa shape index (κ3) is 4.39. The summed E-state index contributed by atoms with van der Waals surface area (Å²) in [6.45, 7) is 0. The average Bonchev–Trinajstić information content (AvgIpc) is 3.45. The van der Waals surface area contributed by atoms with E-state index in [0.717, 1.165) is 56.1 Å². The van der Waals surface area contributed by atoms with Crippen molar-refractivity contribution < 1.29 is 4.42 Å². The van der Waals surface area contributed by atoms with E-state index in [1.807, 2.05) is 0 Å². The summed E-state index contributed by atoms with van der Waals surface area (Å²) < 4.78 is 6.62. The van der Waals surface area contributed by atoms with Gasteiger partial charge < -0.3 is 14.2 Å². The summed E-state index contributed by atoms with van der Waals surface area (Å²) in [4.78, 5) is 4.66. The molecule has 0 N–H and O–H groups in total. The van der Waals surface area contributed by atoms with Gasteiger partial charge in [-0.05, 0) is 71.4 Å². The second kappa shape index (κ2) is 10.6. The maximum absolute atomic E-state index is 6.62. The fourth-order valence-corrected chi connectivity index (χ4v) is 6.09. The van der Waals surface area contributed by atoms with Crippen molar-refractivity contribution in [1.82, 2.24) is 0 Å². The Balaban J connectivity index is 1.51. The van der Waals surface area contributed by atoms with Crippen LogP contribution in [0.25, 0.3) is 32.7 Å². The topological polar surface area (TPSA) is 19.6 Å². The molecule has 0 aliphatic rings. The summed E-state index contributed by atoms with van der Waals surface area (Å²) in [7, 11) is 0. The number of anilines is 6. The van der Waals surface area contributed by atoms with Crippen molar-refractivity contribution in [2.75, 3.05) is 9.80 Å². The van der Waals surface area contributed by atoms with E-state index in [-0.39, 0.29) is 0 Å². The molecule has 8 rings (SSSR count). The van der Waals surface area contributed by atoms with Crippen molar-refractivity contribution in [3.05, 3.63) is 170 Å². The van der Waals surface area contributed by atoms with E-state index in [4.69, 9.17) is 4.42 Å². The quantitative estimate of drug-likeness (QED) is 0.205. The molecule has 0 fully saturated rings. The molecule has 3 nitrogen and oxygen atoms in total. The lowest BCUT2D eigenvalue weighted by molar-refractivity contribution is 0.669. The Morgan fingerprint density at radius 2 is 0.791 bits per heavy atom. The molecule has 0 amide bonds. The molecule has 0 spiro atoms. The first-order valence-corrected chi connectivity index (χ1v) is 14.5. The highest BCUT2D eigenvalue weighted by Crippen LogP contribution is 2.49. The third-order valence-corrected chi connectivity index (χ3v) is 8.00. The Bertz CT molecular complexity index is 2090. The van der Waals surface area contributed by atoms with Gasteiger partial charge in [0.2, 0.25) is 0 Å². The van der Waals surface area contributed by atoms with E-state index < -0.39 is 0 Å². The van der Waals surface area contributed by atoms with Gasteiger partial charge in [-0.3, -0.25) is 0 Å². The molecule has 0 aliphatic heterocycles. The lowest BCUT2D eigenvalue weighted by atomic mass is 10.0. The summed E-state index contributed by atoms with van der Waals surface area (Å²) in [5, 5.41) is 4.60. The lowest BCUT2D eigenvalue weighted by Gasteiger charge is -2.33. The van der Waals surface area contributed by atoms with Gasteiger partial charge in [0.25, 0.3) is 0 Å². The maximum Gasteiger partial charge on any atom is 0.137 e. The van der Waals surface area contributed by atoms with E-state index in [1.165, 1.54) is 10.8 Å². The van der Waals surface area contributed by atoms with Crippen molar-refractivity contribution >= 4 is 66.8 Å². The maximum atomic E-state index is 6.62. The Morgan fingerprint density at radius 3 is 1.30 bits per heavy atom. The largest absolute Gasteiger partial charge is 0.456 e. The molecule has 0 radical (unpaired) electrons. The van der Waals surface area contributed by atoms with Crippen molar-refractivity contribution in [3.63, 3.8) is 0 Å². The molecule has 0 bridgehead atoms. The fourth-order valence-electron chi connectivity index (χ4n) is 6.09. The van der Waals surface area contributed by atoms with Crippen molar-refractivity contribution in [3.8, 4) is 0 Å². The molecule has 3 heteroatoms. The molecule has 204 valence electrons. The summed E-state index contributed by atoms with van der Waals surface area (Å²) in [5.41, 5.74) is 8.08. The Morgan fingerprint density at radius 1 is 0.349 bits per heavy atom. The van der Waals surface area contributed by atoms with E-state index in [1.54, 1.807) is 0 Å². The second-order valence-corrected chi connectivity index (χ2v) is 10.6. The number of rotatable bonds is 6. The Hall–Kier alpha value is -5.80. The van der Waals surface area contributed by atoms with Crippen LogP contribution in [0, 0.1) is 0 Å².